The molecule has 0 atom stereocenters. The first-order chi connectivity index (χ1) is 10.7. The molecule has 1 heterocycles. The lowest BCUT2D eigenvalue weighted by atomic mass is 10.2. The smallest absolute Gasteiger partial charge is 0.465 e. The summed E-state index contributed by atoms with van der Waals surface area (Å²) in [4.78, 5) is 22.9. The fourth-order valence-electron chi connectivity index (χ4n) is 1.68. The molecule has 1 aromatic carbocycles. The minimum Gasteiger partial charge on any atom is -0.465 e. The van der Waals surface area contributed by atoms with Crippen LogP contribution in [0.3, 0.4) is 0 Å². The van der Waals surface area contributed by atoms with E-state index in [0.717, 1.165) is 18.4 Å². The van der Waals surface area contributed by atoms with Gasteiger partial charge in [-0.3, -0.25) is 4.79 Å². The molecule has 0 bridgehead atoms. The quantitative estimate of drug-likeness (QED) is 0.678. The Morgan fingerprint density at radius 3 is 2.30 bits per heavy atom. The zero-order valence-electron chi connectivity index (χ0n) is 11.5. The van der Waals surface area contributed by atoms with Crippen molar-refractivity contribution < 1.29 is 31.9 Å². The van der Waals surface area contributed by atoms with E-state index in [-0.39, 0.29) is 10.6 Å². The summed E-state index contributed by atoms with van der Waals surface area (Å²) in [5, 5.41) is 1.64. The summed E-state index contributed by atoms with van der Waals surface area (Å²) in [6.45, 7) is 0. The molecule has 9 heteroatoms. The topological polar surface area (TPSA) is 55.4 Å². The number of nitrogens with one attached hydrogen (secondary N) is 1. The maximum Gasteiger partial charge on any atom is 0.471 e. The molecule has 0 saturated heterocycles. The molecule has 1 amide bonds. The van der Waals surface area contributed by atoms with Gasteiger partial charge in [0.15, 0.2) is 0 Å². The average molecular weight is 347 g/mol. The third kappa shape index (κ3) is 3.86. The van der Waals surface area contributed by atoms with Crippen LogP contribution in [0.2, 0.25) is 0 Å². The zero-order chi connectivity index (χ0) is 17.2. The van der Waals surface area contributed by atoms with Gasteiger partial charge in [-0.15, -0.1) is 11.3 Å². The third-order valence-electron chi connectivity index (χ3n) is 2.74. The first-order valence-corrected chi connectivity index (χ1v) is 6.90. The van der Waals surface area contributed by atoms with Crippen LogP contribution in [0, 0.1) is 5.82 Å². The van der Waals surface area contributed by atoms with Gasteiger partial charge in [-0.25, -0.2) is 9.18 Å². The van der Waals surface area contributed by atoms with Crippen molar-refractivity contribution in [2.45, 2.75) is 6.18 Å². The highest BCUT2D eigenvalue weighted by atomic mass is 32.1. The molecule has 4 nitrogen and oxygen atoms in total. The molecule has 0 fully saturated rings. The molecule has 0 saturated carbocycles. The lowest BCUT2D eigenvalue weighted by Crippen LogP contribution is -2.30. The second-order valence-electron chi connectivity index (χ2n) is 4.30. The summed E-state index contributed by atoms with van der Waals surface area (Å²) < 4.78 is 54.5. The van der Waals surface area contributed by atoms with Crippen molar-refractivity contribution in [3.63, 3.8) is 0 Å². The summed E-state index contributed by atoms with van der Waals surface area (Å²) >= 11 is 0.825. The van der Waals surface area contributed by atoms with E-state index in [1.807, 2.05) is 0 Å². The van der Waals surface area contributed by atoms with E-state index in [1.165, 1.54) is 30.3 Å². The van der Waals surface area contributed by atoms with Gasteiger partial charge in [-0.2, -0.15) is 13.2 Å². The second-order valence-corrected chi connectivity index (χ2v) is 5.36. The molecule has 0 radical (unpaired) electrons. The molecule has 2 rings (SSSR count). The van der Waals surface area contributed by atoms with Gasteiger partial charge in [-0.1, -0.05) is 12.1 Å². The van der Waals surface area contributed by atoms with E-state index in [9.17, 15) is 27.2 Å². The molecule has 0 spiro atoms. The molecule has 23 heavy (non-hydrogen) atoms. The van der Waals surface area contributed by atoms with E-state index >= 15 is 0 Å². The maximum absolute atomic E-state index is 12.9. The van der Waals surface area contributed by atoms with Crippen LogP contribution in [-0.2, 0) is 9.53 Å². The maximum atomic E-state index is 12.9. The van der Waals surface area contributed by atoms with Crippen LogP contribution in [-0.4, -0.2) is 25.2 Å². The van der Waals surface area contributed by atoms with Crippen molar-refractivity contribution in [1.82, 2.24) is 0 Å². The van der Waals surface area contributed by atoms with E-state index in [2.05, 4.69) is 4.74 Å². The first kappa shape index (κ1) is 16.9. The fourth-order valence-corrected chi connectivity index (χ4v) is 2.72. The van der Waals surface area contributed by atoms with Gasteiger partial charge in [0.25, 0.3) is 0 Å². The zero-order valence-corrected chi connectivity index (χ0v) is 12.3. The van der Waals surface area contributed by atoms with E-state index in [4.69, 9.17) is 0 Å². The monoisotopic (exact) mass is 347 g/mol. The lowest BCUT2D eigenvalue weighted by molar-refractivity contribution is -0.167. The van der Waals surface area contributed by atoms with Gasteiger partial charge >= 0.3 is 18.1 Å². The van der Waals surface area contributed by atoms with Crippen LogP contribution in [0.1, 0.15) is 9.67 Å². The van der Waals surface area contributed by atoms with Crippen molar-refractivity contribution in [3.8, 4) is 10.4 Å². The minimum absolute atomic E-state index is 0.190. The summed E-state index contributed by atoms with van der Waals surface area (Å²) in [6, 6.07) is 6.34. The van der Waals surface area contributed by atoms with Crippen LogP contribution < -0.4 is 5.32 Å². The normalized spacial score (nSPS) is 11.2. The summed E-state index contributed by atoms with van der Waals surface area (Å²) in [7, 11) is 1.06. The van der Waals surface area contributed by atoms with E-state index < -0.39 is 23.9 Å². The Morgan fingerprint density at radius 1 is 1.17 bits per heavy atom. The molecule has 0 aliphatic rings. The Labute approximate surface area is 131 Å². The standard InChI is InChI=1S/C14H9F4NO3S/c1-22-12(20)11-9(19-13(21)14(16,17)18)6-10(23-11)7-2-4-8(15)5-3-7/h2-6H,1H3,(H,19,21). The number of ether oxygens (including phenoxy) is 1. The van der Waals surface area contributed by atoms with Crippen LogP contribution in [0.5, 0.6) is 0 Å². The molecule has 1 N–H and O–H groups in total. The van der Waals surface area contributed by atoms with Gasteiger partial charge in [0.05, 0.1) is 12.8 Å². The molecule has 0 unspecified atom stereocenters. The largest absolute Gasteiger partial charge is 0.471 e. The summed E-state index contributed by atoms with van der Waals surface area (Å²) in [5.74, 6) is -3.57. The van der Waals surface area contributed by atoms with Gasteiger partial charge < -0.3 is 10.1 Å². The Morgan fingerprint density at radius 2 is 1.78 bits per heavy atom. The number of alkyl halides is 3. The van der Waals surface area contributed by atoms with Crippen LogP contribution >= 0.6 is 11.3 Å². The number of rotatable bonds is 3. The Balaban J connectivity index is 2.42. The SMILES string of the molecule is COC(=O)c1sc(-c2ccc(F)cc2)cc1NC(=O)C(F)(F)F. The number of anilines is 1. The number of halogens is 4. The average Bonchev–Trinajstić information content (AvgIpc) is 2.90. The van der Waals surface area contributed by atoms with Crippen molar-refractivity contribution in [2.24, 2.45) is 0 Å². The number of methoxy groups -OCH3 is 1. The number of esters is 1. The predicted octanol–water partition coefficient (Wildman–Crippen LogP) is 3.84. The van der Waals surface area contributed by atoms with Crippen molar-refractivity contribution in [2.75, 3.05) is 12.4 Å². The van der Waals surface area contributed by atoms with Crippen molar-refractivity contribution in [1.29, 1.82) is 0 Å². The molecular weight excluding hydrogens is 338 g/mol. The van der Waals surface area contributed by atoms with Gasteiger partial charge in [-0.05, 0) is 23.8 Å². The van der Waals surface area contributed by atoms with E-state index in [1.54, 1.807) is 5.32 Å². The molecular formula is C14H9F4NO3S. The number of hydrogen-bond acceptors (Lipinski definition) is 4. The highest BCUT2D eigenvalue weighted by Gasteiger charge is 2.39. The van der Waals surface area contributed by atoms with Crippen molar-refractivity contribution >= 4 is 28.9 Å². The first-order valence-electron chi connectivity index (χ1n) is 6.08. The number of carbonyl (C=O) groups excluding carboxylic acids is 2. The lowest BCUT2D eigenvalue weighted by Gasteiger charge is -2.07. The predicted molar refractivity (Wildman–Crippen MR) is 75.7 cm³/mol. The molecule has 0 aliphatic heterocycles. The molecule has 0 aliphatic carbocycles. The number of hydrogen-bond donors (Lipinski definition) is 1. The molecule has 2 aromatic rings. The van der Waals surface area contributed by atoms with Crippen molar-refractivity contribution in [3.05, 3.63) is 41.0 Å². The Hall–Kier alpha value is -2.42. The highest BCUT2D eigenvalue weighted by molar-refractivity contribution is 7.18. The second kappa shape index (κ2) is 6.37. The number of carbonyl (C=O) groups is 2. The minimum atomic E-state index is -5.09. The van der Waals surface area contributed by atoms with E-state index in [0.29, 0.717) is 10.4 Å². The summed E-state index contributed by atoms with van der Waals surface area (Å²) in [5.41, 5.74) is 0.164. The third-order valence-corrected chi connectivity index (χ3v) is 3.90. The van der Waals surface area contributed by atoms with Crippen LogP contribution in [0.4, 0.5) is 23.2 Å². The van der Waals surface area contributed by atoms with Gasteiger partial charge in [0.1, 0.15) is 10.7 Å². The Kier molecular flexibility index (Phi) is 4.69. The molecule has 1 aromatic heterocycles. The Bertz CT molecular complexity index is 737. The van der Waals surface area contributed by atoms with Crippen LogP contribution in [0.15, 0.2) is 30.3 Å². The molecule has 122 valence electrons. The summed E-state index contributed by atoms with van der Waals surface area (Å²) in [6.07, 6.45) is -5.09. The highest BCUT2D eigenvalue weighted by Crippen LogP contribution is 2.36. The van der Waals surface area contributed by atoms with Gasteiger partial charge in [0.2, 0.25) is 0 Å². The fraction of sp³-hybridized carbons (Fsp3) is 0.143. The van der Waals surface area contributed by atoms with Gasteiger partial charge in [0, 0.05) is 4.88 Å². The number of benzene rings is 1. The number of amides is 1. The number of thiophene rings is 1. The van der Waals surface area contributed by atoms with Crippen LogP contribution in [0.25, 0.3) is 10.4 Å².